The molecule has 0 aromatic carbocycles. The van der Waals surface area contributed by atoms with Gasteiger partial charge >= 0.3 is 0 Å². The normalized spacial score (nSPS) is 33.4. The van der Waals surface area contributed by atoms with Crippen molar-refractivity contribution in [2.45, 2.75) is 53.5 Å². The van der Waals surface area contributed by atoms with E-state index in [2.05, 4.69) is 5.16 Å². The number of allylic oxidation sites excluding steroid dienone is 1. The van der Waals surface area contributed by atoms with Gasteiger partial charge in [0.15, 0.2) is 0 Å². The smallest absolute Gasteiger partial charge is 0.258 e. The fraction of sp³-hybridized carbons (Fsp3) is 0.714. The van der Waals surface area contributed by atoms with Crippen LogP contribution in [0.15, 0.2) is 16.8 Å². The molecule has 1 amide bonds. The van der Waals surface area contributed by atoms with E-state index < -0.39 is 16.9 Å². The van der Waals surface area contributed by atoms with Crippen LogP contribution in [0.25, 0.3) is 0 Å². The topological polar surface area (TPSA) is 73.1 Å². The lowest BCUT2D eigenvalue weighted by atomic mass is 9.74. The summed E-state index contributed by atoms with van der Waals surface area (Å²) in [5.74, 6) is -0.179. The number of nitrogens with zero attached hydrogens (tertiary/aromatic N) is 2. The van der Waals surface area contributed by atoms with Gasteiger partial charge in [-0.1, -0.05) is 30.7 Å². The Kier molecular flexibility index (Phi) is 4.10. The first-order valence-corrected chi connectivity index (χ1v) is 6.52. The number of carbonyl (C=O) groups excluding carboxylic acids is 1. The standard InChI is InChI=1S/C14H24N2O3/c1-9(2)7-13(5)11(15-18)14(6,8-10(3)4)16(19)12(13)17/h8-9,18-19H,7H2,1-6H3/b15-11+. The maximum absolute atomic E-state index is 12.4. The van der Waals surface area contributed by atoms with Gasteiger partial charge in [-0.25, -0.2) is 5.06 Å². The molecule has 0 aromatic rings. The molecular weight excluding hydrogens is 244 g/mol. The molecule has 2 atom stereocenters. The van der Waals surface area contributed by atoms with Crippen molar-refractivity contribution in [3.63, 3.8) is 0 Å². The van der Waals surface area contributed by atoms with Crippen LogP contribution in [0.4, 0.5) is 0 Å². The van der Waals surface area contributed by atoms with Gasteiger partial charge in [-0.2, -0.15) is 0 Å². The van der Waals surface area contributed by atoms with E-state index in [0.29, 0.717) is 17.2 Å². The van der Waals surface area contributed by atoms with Crippen LogP contribution in [0, 0.1) is 11.3 Å². The van der Waals surface area contributed by atoms with Crippen molar-refractivity contribution < 1.29 is 15.2 Å². The van der Waals surface area contributed by atoms with Gasteiger partial charge in [-0.3, -0.25) is 10.0 Å². The van der Waals surface area contributed by atoms with E-state index >= 15 is 0 Å². The number of hydrogen-bond acceptors (Lipinski definition) is 4. The van der Waals surface area contributed by atoms with Crippen molar-refractivity contribution in [3.05, 3.63) is 11.6 Å². The molecule has 1 rings (SSSR count). The second-order valence-corrected chi connectivity index (χ2v) is 6.36. The summed E-state index contributed by atoms with van der Waals surface area (Å²) < 4.78 is 0. The van der Waals surface area contributed by atoms with Gasteiger partial charge in [-0.05, 0) is 40.0 Å². The molecule has 0 bridgehead atoms. The van der Waals surface area contributed by atoms with Crippen molar-refractivity contribution in [2.24, 2.45) is 16.5 Å². The van der Waals surface area contributed by atoms with E-state index in [-0.39, 0.29) is 5.92 Å². The predicted octanol–water partition coefficient (Wildman–Crippen LogP) is 2.83. The van der Waals surface area contributed by atoms with Gasteiger partial charge in [0.1, 0.15) is 11.3 Å². The number of rotatable bonds is 3. The summed E-state index contributed by atoms with van der Waals surface area (Å²) in [6.45, 7) is 11.1. The molecule has 1 fully saturated rings. The van der Waals surface area contributed by atoms with E-state index in [1.807, 2.05) is 27.7 Å². The fourth-order valence-electron chi connectivity index (χ4n) is 3.11. The third-order valence-corrected chi connectivity index (χ3v) is 3.59. The Morgan fingerprint density at radius 2 is 1.95 bits per heavy atom. The molecule has 0 aromatic heterocycles. The van der Waals surface area contributed by atoms with Gasteiger partial charge in [0.25, 0.3) is 5.91 Å². The predicted molar refractivity (Wildman–Crippen MR) is 73.3 cm³/mol. The molecule has 1 aliphatic heterocycles. The van der Waals surface area contributed by atoms with E-state index in [1.54, 1.807) is 19.9 Å². The number of hydroxylamine groups is 2. The Labute approximate surface area is 114 Å². The second-order valence-electron chi connectivity index (χ2n) is 6.36. The number of amides is 1. The van der Waals surface area contributed by atoms with Gasteiger partial charge in [-0.15, -0.1) is 0 Å². The zero-order chi connectivity index (χ0) is 15.0. The molecule has 0 saturated carbocycles. The summed E-state index contributed by atoms with van der Waals surface area (Å²) >= 11 is 0. The summed E-state index contributed by atoms with van der Waals surface area (Å²) in [6, 6.07) is 0. The lowest BCUT2D eigenvalue weighted by Crippen LogP contribution is -2.44. The molecule has 5 nitrogen and oxygen atoms in total. The van der Waals surface area contributed by atoms with Gasteiger partial charge in [0, 0.05) is 0 Å². The molecule has 2 unspecified atom stereocenters. The van der Waals surface area contributed by atoms with Crippen LogP contribution in [0.2, 0.25) is 0 Å². The third-order valence-electron chi connectivity index (χ3n) is 3.59. The highest BCUT2D eigenvalue weighted by molar-refractivity contribution is 6.19. The van der Waals surface area contributed by atoms with Gasteiger partial charge in [0.05, 0.1) is 5.41 Å². The zero-order valence-electron chi connectivity index (χ0n) is 12.6. The van der Waals surface area contributed by atoms with Crippen LogP contribution in [0.5, 0.6) is 0 Å². The van der Waals surface area contributed by atoms with Gasteiger partial charge in [0.2, 0.25) is 0 Å². The Balaban J connectivity index is 3.41. The minimum atomic E-state index is -1.09. The molecule has 1 saturated heterocycles. The number of carbonyl (C=O) groups is 1. The Bertz CT molecular complexity index is 438. The molecule has 0 spiro atoms. The van der Waals surface area contributed by atoms with E-state index in [1.165, 1.54) is 0 Å². The van der Waals surface area contributed by atoms with Crippen LogP contribution < -0.4 is 0 Å². The quantitative estimate of drug-likeness (QED) is 0.358. The van der Waals surface area contributed by atoms with Crippen molar-refractivity contribution >= 4 is 11.6 Å². The summed E-state index contributed by atoms with van der Waals surface area (Å²) in [5.41, 5.74) is -0.834. The maximum atomic E-state index is 12.4. The largest absolute Gasteiger partial charge is 0.411 e. The molecule has 19 heavy (non-hydrogen) atoms. The van der Waals surface area contributed by atoms with Crippen molar-refractivity contribution in [3.8, 4) is 0 Å². The highest BCUT2D eigenvalue weighted by Crippen LogP contribution is 2.44. The highest BCUT2D eigenvalue weighted by Gasteiger charge is 2.60. The highest BCUT2D eigenvalue weighted by atomic mass is 16.5. The molecule has 0 radical (unpaired) electrons. The number of oxime groups is 1. The maximum Gasteiger partial charge on any atom is 0.258 e. The first-order valence-electron chi connectivity index (χ1n) is 6.52. The number of hydrogen-bond donors (Lipinski definition) is 2. The average Bonchev–Trinajstić information content (AvgIpc) is 2.36. The molecule has 1 aliphatic rings. The Hall–Kier alpha value is -1.36. The minimum Gasteiger partial charge on any atom is -0.411 e. The third kappa shape index (κ3) is 2.39. The zero-order valence-corrected chi connectivity index (χ0v) is 12.6. The SMILES string of the molecule is CC(C)=CC1(C)/C(=N/O)C(C)(CC(C)C)C(=O)N1O. The van der Waals surface area contributed by atoms with E-state index in [0.717, 1.165) is 5.57 Å². The molecule has 1 heterocycles. The average molecular weight is 268 g/mol. The van der Waals surface area contributed by atoms with Gasteiger partial charge < -0.3 is 5.21 Å². The summed E-state index contributed by atoms with van der Waals surface area (Å²) in [7, 11) is 0. The first kappa shape index (κ1) is 15.7. The molecule has 2 N–H and O–H groups in total. The van der Waals surface area contributed by atoms with Crippen molar-refractivity contribution in [2.75, 3.05) is 0 Å². The monoisotopic (exact) mass is 268 g/mol. The van der Waals surface area contributed by atoms with Crippen LogP contribution in [0.3, 0.4) is 0 Å². The molecule has 108 valence electrons. The second kappa shape index (κ2) is 4.96. The van der Waals surface area contributed by atoms with E-state index in [9.17, 15) is 15.2 Å². The first-order chi connectivity index (χ1) is 8.59. The van der Waals surface area contributed by atoms with Crippen LogP contribution in [-0.2, 0) is 4.79 Å². The fourth-order valence-corrected chi connectivity index (χ4v) is 3.11. The lowest BCUT2D eigenvalue weighted by molar-refractivity contribution is -0.175. The van der Waals surface area contributed by atoms with Crippen molar-refractivity contribution in [1.82, 2.24) is 5.06 Å². The van der Waals surface area contributed by atoms with Crippen molar-refractivity contribution in [1.29, 1.82) is 0 Å². The molecule has 0 aliphatic carbocycles. The minimum absolute atomic E-state index is 0.244. The lowest BCUT2D eigenvalue weighted by Gasteiger charge is -2.28. The summed E-state index contributed by atoms with van der Waals surface area (Å²) in [5, 5.41) is 23.6. The summed E-state index contributed by atoms with van der Waals surface area (Å²) in [4.78, 5) is 12.4. The van der Waals surface area contributed by atoms with Crippen LogP contribution >= 0.6 is 0 Å². The molecule has 5 heteroatoms. The molecular formula is C14H24N2O3. The summed E-state index contributed by atoms with van der Waals surface area (Å²) in [6.07, 6.45) is 2.26. The Morgan fingerprint density at radius 3 is 2.32 bits per heavy atom. The van der Waals surface area contributed by atoms with E-state index in [4.69, 9.17) is 0 Å². The van der Waals surface area contributed by atoms with Crippen LogP contribution in [0.1, 0.15) is 48.0 Å². The van der Waals surface area contributed by atoms with Crippen LogP contribution in [-0.4, -0.2) is 32.6 Å². The Morgan fingerprint density at radius 1 is 1.42 bits per heavy atom.